The van der Waals surface area contributed by atoms with Crippen LogP contribution in [0.5, 0.6) is 0 Å². The van der Waals surface area contributed by atoms with E-state index in [1.165, 1.54) is 16.4 Å². The van der Waals surface area contributed by atoms with Gasteiger partial charge in [-0.3, -0.25) is 14.5 Å². The lowest BCUT2D eigenvalue weighted by Gasteiger charge is -2.29. The van der Waals surface area contributed by atoms with Crippen LogP contribution in [0.25, 0.3) is 0 Å². The Bertz CT molecular complexity index is 566. The minimum absolute atomic E-state index is 0.165. The molecule has 3 aliphatic rings. The summed E-state index contributed by atoms with van der Waals surface area (Å²) in [6.45, 7) is 3.40. The van der Waals surface area contributed by atoms with Crippen molar-refractivity contribution in [3.8, 4) is 0 Å². The predicted octanol–water partition coefficient (Wildman–Crippen LogP) is 0.330. The minimum atomic E-state index is -0.595. The third kappa shape index (κ3) is 5.12. The molecule has 3 fully saturated rings. The molecule has 2 bridgehead atoms. The molecule has 10 nitrogen and oxygen atoms in total. The Labute approximate surface area is 164 Å². The molecule has 0 unspecified atom stereocenters. The van der Waals surface area contributed by atoms with Gasteiger partial charge in [-0.1, -0.05) is 12.8 Å². The van der Waals surface area contributed by atoms with E-state index in [1.54, 1.807) is 6.92 Å². The molecule has 158 valence electrons. The van der Waals surface area contributed by atoms with E-state index in [0.717, 1.165) is 25.8 Å². The summed E-state index contributed by atoms with van der Waals surface area (Å²) in [6, 6.07) is -0.930. The van der Waals surface area contributed by atoms with Gasteiger partial charge in [0.2, 0.25) is 0 Å². The first-order valence-electron chi connectivity index (χ1n) is 10.1. The highest BCUT2D eigenvalue weighted by Crippen LogP contribution is 2.30. The number of fused-ring (bicyclic) bond motifs is 2. The number of rotatable bonds is 8. The third-order valence-corrected chi connectivity index (χ3v) is 5.37. The Kier molecular flexibility index (Phi) is 7.46. The number of amides is 3. The van der Waals surface area contributed by atoms with Crippen molar-refractivity contribution in [2.24, 2.45) is 0 Å². The molecule has 0 aromatic carbocycles. The maximum atomic E-state index is 12.6. The van der Waals surface area contributed by atoms with Gasteiger partial charge < -0.3 is 15.0 Å². The summed E-state index contributed by atoms with van der Waals surface area (Å²) in [5, 5.41) is 4.60. The van der Waals surface area contributed by atoms with Crippen LogP contribution in [0.4, 0.5) is 4.79 Å². The van der Waals surface area contributed by atoms with Crippen molar-refractivity contribution in [3.63, 3.8) is 0 Å². The van der Waals surface area contributed by atoms with Crippen molar-refractivity contribution in [3.05, 3.63) is 0 Å². The van der Waals surface area contributed by atoms with Crippen molar-refractivity contribution in [2.45, 2.75) is 63.6 Å². The summed E-state index contributed by atoms with van der Waals surface area (Å²) < 4.78 is 4.81. The fraction of sp³-hybridized carbons (Fsp3) is 0.833. The molecule has 0 spiro atoms. The van der Waals surface area contributed by atoms with Crippen molar-refractivity contribution in [1.82, 2.24) is 20.8 Å². The number of nitrogens with zero attached hydrogens (tertiary/aromatic N) is 2. The second-order valence-electron chi connectivity index (χ2n) is 7.36. The molecule has 10 heteroatoms. The van der Waals surface area contributed by atoms with Gasteiger partial charge in [0.05, 0.1) is 19.3 Å². The molecule has 3 saturated heterocycles. The van der Waals surface area contributed by atoms with E-state index in [4.69, 9.17) is 14.4 Å². The van der Waals surface area contributed by atoms with Crippen LogP contribution in [0.15, 0.2) is 0 Å². The Morgan fingerprint density at radius 2 is 2.07 bits per heavy atom. The van der Waals surface area contributed by atoms with E-state index >= 15 is 0 Å². The van der Waals surface area contributed by atoms with Gasteiger partial charge in [-0.2, -0.15) is 5.06 Å². The molecule has 2 N–H and O–H groups in total. The molecule has 3 heterocycles. The molecule has 3 rings (SSSR count). The largest absolute Gasteiger partial charge is 0.464 e. The number of carbonyl (C=O) groups excluding carboxylic acids is 3. The highest BCUT2D eigenvalue weighted by Gasteiger charge is 2.48. The van der Waals surface area contributed by atoms with Gasteiger partial charge in [-0.15, -0.1) is 0 Å². The predicted molar refractivity (Wildman–Crippen MR) is 97.7 cm³/mol. The van der Waals surface area contributed by atoms with E-state index < -0.39 is 18.0 Å². The van der Waals surface area contributed by atoms with Crippen LogP contribution in [0, 0.1) is 0 Å². The fourth-order valence-corrected chi connectivity index (χ4v) is 3.92. The molecule has 0 aromatic heterocycles. The summed E-state index contributed by atoms with van der Waals surface area (Å²) in [7, 11) is 0. The number of hydroxylamine groups is 3. The quantitative estimate of drug-likeness (QED) is 0.448. The smallest absolute Gasteiger partial charge is 0.345 e. The van der Waals surface area contributed by atoms with Crippen LogP contribution in [-0.2, 0) is 24.0 Å². The SMILES string of the molecule is CCOC(=O)CON1C(=O)N2C[C@H]1CC[C@@H]2C(=O)NOC[C@@H]1CCCCCN1. The van der Waals surface area contributed by atoms with E-state index in [2.05, 4.69) is 10.8 Å². The van der Waals surface area contributed by atoms with Gasteiger partial charge in [0.1, 0.15) is 6.04 Å². The number of carbonyl (C=O) groups is 3. The van der Waals surface area contributed by atoms with E-state index in [1.807, 2.05) is 0 Å². The highest BCUT2D eigenvalue weighted by molar-refractivity contribution is 5.88. The zero-order valence-corrected chi connectivity index (χ0v) is 16.4. The summed E-state index contributed by atoms with van der Waals surface area (Å²) >= 11 is 0. The molecule has 0 radical (unpaired) electrons. The number of nitrogens with one attached hydrogen (secondary N) is 2. The van der Waals surface area contributed by atoms with Crippen molar-refractivity contribution in [2.75, 3.05) is 32.9 Å². The zero-order chi connectivity index (χ0) is 19.9. The van der Waals surface area contributed by atoms with Crippen LogP contribution in [0.1, 0.15) is 45.4 Å². The summed E-state index contributed by atoms with van der Waals surface area (Å²) in [4.78, 5) is 48.8. The average molecular weight is 398 g/mol. The number of hydrogen-bond donors (Lipinski definition) is 2. The van der Waals surface area contributed by atoms with Gasteiger partial charge in [0.15, 0.2) is 6.61 Å². The molecule has 3 amide bonds. The van der Waals surface area contributed by atoms with Gasteiger partial charge in [-0.05, 0) is 39.2 Å². The summed E-state index contributed by atoms with van der Waals surface area (Å²) in [5.74, 6) is -0.853. The topological polar surface area (TPSA) is 109 Å². The summed E-state index contributed by atoms with van der Waals surface area (Å²) in [6.07, 6.45) is 5.70. The van der Waals surface area contributed by atoms with E-state index in [-0.39, 0.29) is 31.2 Å². The molecular weight excluding hydrogens is 368 g/mol. The monoisotopic (exact) mass is 398 g/mol. The molecule has 0 aliphatic carbocycles. The highest BCUT2D eigenvalue weighted by atomic mass is 16.7. The lowest BCUT2D eigenvalue weighted by Crippen LogP contribution is -2.50. The number of ether oxygens (including phenoxy) is 1. The average Bonchev–Trinajstić information content (AvgIpc) is 2.87. The van der Waals surface area contributed by atoms with Gasteiger partial charge in [0.25, 0.3) is 5.91 Å². The van der Waals surface area contributed by atoms with Gasteiger partial charge in [0, 0.05) is 12.6 Å². The Balaban J connectivity index is 1.45. The number of piperidine rings is 1. The molecule has 0 aromatic rings. The van der Waals surface area contributed by atoms with Crippen LogP contribution in [0.3, 0.4) is 0 Å². The molecule has 3 aliphatic heterocycles. The summed E-state index contributed by atoms with van der Waals surface area (Å²) in [5.41, 5.74) is 2.50. The third-order valence-electron chi connectivity index (χ3n) is 5.37. The Morgan fingerprint density at radius 3 is 2.89 bits per heavy atom. The normalized spacial score (nSPS) is 27.5. The van der Waals surface area contributed by atoms with Gasteiger partial charge >= 0.3 is 12.0 Å². The molecule has 28 heavy (non-hydrogen) atoms. The first-order chi connectivity index (χ1) is 13.6. The number of esters is 1. The first-order valence-corrected chi connectivity index (χ1v) is 10.1. The second-order valence-corrected chi connectivity index (χ2v) is 7.36. The standard InChI is InChI=1S/C18H30N4O6/c1-2-26-16(23)12-28-22-14-7-8-15(21(10-14)18(22)25)17(24)20-27-11-13-6-4-3-5-9-19-13/h13-15,19H,2-12H2,1H3,(H,20,24)/t13-,14+,15+/m0/s1. The maximum absolute atomic E-state index is 12.6. The van der Waals surface area contributed by atoms with E-state index in [0.29, 0.717) is 26.0 Å². The number of urea groups is 1. The zero-order valence-electron chi connectivity index (χ0n) is 16.4. The van der Waals surface area contributed by atoms with Crippen molar-refractivity contribution in [1.29, 1.82) is 0 Å². The van der Waals surface area contributed by atoms with Crippen LogP contribution in [0.2, 0.25) is 0 Å². The minimum Gasteiger partial charge on any atom is -0.464 e. The molecule has 0 saturated carbocycles. The molecular formula is C18H30N4O6. The van der Waals surface area contributed by atoms with Crippen LogP contribution in [-0.4, -0.2) is 78.9 Å². The van der Waals surface area contributed by atoms with E-state index in [9.17, 15) is 14.4 Å². The molecule has 3 atom stereocenters. The van der Waals surface area contributed by atoms with Crippen molar-refractivity contribution < 1.29 is 28.8 Å². The Morgan fingerprint density at radius 1 is 1.21 bits per heavy atom. The Hall–Kier alpha value is -1.91. The van der Waals surface area contributed by atoms with Gasteiger partial charge in [-0.25, -0.2) is 15.1 Å². The number of hydrogen-bond acceptors (Lipinski definition) is 7. The maximum Gasteiger partial charge on any atom is 0.345 e. The first kappa shape index (κ1) is 20.8. The lowest BCUT2D eigenvalue weighted by molar-refractivity contribution is -0.172. The fourth-order valence-electron chi connectivity index (χ4n) is 3.92. The lowest BCUT2D eigenvalue weighted by atomic mass is 10.0. The van der Waals surface area contributed by atoms with Crippen LogP contribution >= 0.6 is 0 Å². The second kappa shape index (κ2) is 10.0. The van der Waals surface area contributed by atoms with Crippen molar-refractivity contribution >= 4 is 17.9 Å². The van der Waals surface area contributed by atoms with Crippen LogP contribution < -0.4 is 10.8 Å².